The molecule has 0 heterocycles. The second kappa shape index (κ2) is 6.31. The van der Waals surface area contributed by atoms with E-state index in [1.54, 1.807) is 13.2 Å². The molecule has 2 aromatic carbocycles. The summed E-state index contributed by atoms with van der Waals surface area (Å²) in [7, 11) is 1.62. The van der Waals surface area contributed by atoms with E-state index < -0.39 is 0 Å². The molecule has 0 radical (unpaired) electrons. The summed E-state index contributed by atoms with van der Waals surface area (Å²) in [6, 6.07) is 14.0. The minimum atomic E-state index is -0.138. The Morgan fingerprint density at radius 2 is 1.79 bits per heavy atom. The SMILES string of the molecule is COc1ccc(C(Cl)Cc2ccc(C)cc2)c(Cl)c1. The van der Waals surface area contributed by atoms with Crippen molar-refractivity contribution in [2.24, 2.45) is 0 Å². The highest BCUT2D eigenvalue weighted by atomic mass is 35.5. The first-order valence-corrected chi connectivity index (χ1v) is 6.94. The van der Waals surface area contributed by atoms with Gasteiger partial charge >= 0.3 is 0 Å². The number of alkyl halides is 1. The Kier molecular flexibility index (Phi) is 4.73. The lowest BCUT2D eigenvalue weighted by Crippen LogP contribution is -1.97. The maximum absolute atomic E-state index is 6.46. The molecule has 1 nitrogen and oxygen atoms in total. The Morgan fingerprint density at radius 1 is 1.11 bits per heavy atom. The Morgan fingerprint density at radius 3 is 2.37 bits per heavy atom. The van der Waals surface area contributed by atoms with Gasteiger partial charge in [-0.2, -0.15) is 0 Å². The summed E-state index contributed by atoms with van der Waals surface area (Å²) in [4.78, 5) is 0. The third-order valence-electron chi connectivity index (χ3n) is 3.08. The maximum atomic E-state index is 6.46. The highest BCUT2D eigenvalue weighted by Gasteiger charge is 2.13. The van der Waals surface area contributed by atoms with Gasteiger partial charge in [0.25, 0.3) is 0 Å². The van der Waals surface area contributed by atoms with E-state index in [0.29, 0.717) is 5.02 Å². The molecule has 1 unspecified atom stereocenters. The number of aryl methyl sites for hydroxylation is 1. The van der Waals surface area contributed by atoms with Crippen LogP contribution in [0.3, 0.4) is 0 Å². The lowest BCUT2D eigenvalue weighted by Gasteiger charge is -2.13. The molecule has 19 heavy (non-hydrogen) atoms. The third kappa shape index (κ3) is 3.65. The minimum Gasteiger partial charge on any atom is -0.497 e. The summed E-state index contributed by atoms with van der Waals surface area (Å²) in [6.45, 7) is 2.07. The van der Waals surface area contributed by atoms with Crippen molar-refractivity contribution in [2.75, 3.05) is 7.11 Å². The standard InChI is InChI=1S/C16H16Cl2O/c1-11-3-5-12(6-4-11)9-15(17)14-8-7-13(19-2)10-16(14)18/h3-8,10,15H,9H2,1-2H3. The summed E-state index contributed by atoms with van der Waals surface area (Å²) >= 11 is 12.7. The highest BCUT2D eigenvalue weighted by Crippen LogP contribution is 2.33. The molecule has 0 fully saturated rings. The van der Waals surface area contributed by atoms with Crippen LogP contribution in [0.4, 0.5) is 0 Å². The largest absolute Gasteiger partial charge is 0.497 e. The summed E-state index contributed by atoms with van der Waals surface area (Å²) < 4.78 is 5.13. The van der Waals surface area contributed by atoms with E-state index in [0.717, 1.165) is 17.7 Å². The zero-order valence-electron chi connectivity index (χ0n) is 11.0. The molecule has 0 amide bonds. The monoisotopic (exact) mass is 294 g/mol. The van der Waals surface area contributed by atoms with E-state index in [1.165, 1.54) is 11.1 Å². The molecule has 0 spiro atoms. The molecule has 0 saturated heterocycles. The fraction of sp³-hybridized carbons (Fsp3) is 0.250. The van der Waals surface area contributed by atoms with E-state index in [2.05, 4.69) is 31.2 Å². The molecule has 100 valence electrons. The molecular weight excluding hydrogens is 279 g/mol. The Labute approximate surface area is 124 Å². The van der Waals surface area contributed by atoms with Gasteiger partial charge in [0.05, 0.1) is 12.5 Å². The highest BCUT2D eigenvalue weighted by molar-refractivity contribution is 6.33. The number of methoxy groups -OCH3 is 1. The predicted molar refractivity (Wildman–Crippen MR) is 81.5 cm³/mol. The van der Waals surface area contributed by atoms with Crippen LogP contribution in [0.15, 0.2) is 42.5 Å². The van der Waals surface area contributed by atoms with Crippen molar-refractivity contribution in [1.82, 2.24) is 0 Å². The van der Waals surface area contributed by atoms with E-state index in [4.69, 9.17) is 27.9 Å². The molecule has 2 aromatic rings. The zero-order valence-corrected chi connectivity index (χ0v) is 12.5. The molecule has 0 aromatic heterocycles. The van der Waals surface area contributed by atoms with E-state index in [9.17, 15) is 0 Å². The zero-order chi connectivity index (χ0) is 13.8. The Balaban J connectivity index is 2.15. The van der Waals surface area contributed by atoms with Crippen molar-refractivity contribution in [3.05, 3.63) is 64.2 Å². The molecular formula is C16H16Cl2O. The van der Waals surface area contributed by atoms with Gasteiger partial charge in [-0.25, -0.2) is 0 Å². The van der Waals surface area contributed by atoms with Crippen molar-refractivity contribution in [3.63, 3.8) is 0 Å². The first-order chi connectivity index (χ1) is 9.10. The van der Waals surface area contributed by atoms with Gasteiger partial charge < -0.3 is 4.74 Å². The predicted octanol–water partition coefficient (Wildman–Crippen LogP) is 5.18. The molecule has 0 aliphatic rings. The average Bonchev–Trinajstić information content (AvgIpc) is 2.41. The minimum absolute atomic E-state index is 0.138. The topological polar surface area (TPSA) is 9.23 Å². The lowest BCUT2D eigenvalue weighted by atomic mass is 10.0. The van der Waals surface area contributed by atoms with Crippen molar-refractivity contribution in [1.29, 1.82) is 0 Å². The fourth-order valence-corrected chi connectivity index (χ4v) is 2.66. The van der Waals surface area contributed by atoms with Crippen LogP contribution in [0.5, 0.6) is 5.75 Å². The average molecular weight is 295 g/mol. The number of hydrogen-bond donors (Lipinski definition) is 0. The molecule has 0 bridgehead atoms. The van der Waals surface area contributed by atoms with Crippen molar-refractivity contribution in [2.45, 2.75) is 18.7 Å². The van der Waals surface area contributed by atoms with Gasteiger partial charge in [-0.15, -0.1) is 11.6 Å². The summed E-state index contributed by atoms with van der Waals surface area (Å²) in [6.07, 6.45) is 0.758. The number of ether oxygens (including phenoxy) is 1. The number of hydrogen-bond acceptors (Lipinski definition) is 1. The first-order valence-electron chi connectivity index (χ1n) is 6.13. The van der Waals surface area contributed by atoms with E-state index in [-0.39, 0.29) is 5.38 Å². The van der Waals surface area contributed by atoms with Crippen LogP contribution in [0.2, 0.25) is 5.02 Å². The van der Waals surface area contributed by atoms with E-state index >= 15 is 0 Å². The van der Waals surface area contributed by atoms with Crippen molar-refractivity contribution >= 4 is 23.2 Å². The third-order valence-corrected chi connectivity index (χ3v) is 3.80. The van der Waals surface area contributed by atoms with Crippen molar-refractivity contribution < 1.29 is 4.74 Å². The fourth-order valence-electron chi connectivity index (χ4n) is 1.93. The molecule has 0 aliphatic heterocycles. The number of benzene rings is 2. The van der Waals surface area contributed by atoms with Gasteiger partial charge in [-0.05, 0) is 36.6 Å². The van der Waals surface area contributed by atoms with Crippen molar-refractivity contribution in [3.8, 4) is 5.75 Å². The van der Waals surface area contributed by atoms with Crippen LogP contribution in [-0.4, -0.2) is 7.11 Å². The van der Waals surface area contributed by atoms with Crippen LogP contribution in [0.25, 0.3) is 0 Å². The molecule has 0 aliphatic carbocycles. The van der Waals surface area contributed by atoms with Crippen LogP contribution in [0.1, 0.15) is 22.1 Å². The molecule has 2 rings (SSSR count). The van der Waals surface area contributed by atoms with Gasteiger partial charge in [0, 0.05) is 5.02 Å². The Hall–Kier alpha value is -1.18. The summed E-state index contributed by atoms with van der Waals surface area (Å²) in [5, 5.41) is 0.507. The van der Waals surface area contributed by atoms with Gasteiger partial charge in [0.1, 0.15) is 5.75 Å². The normalized spacial score (nSPS) is 12.2. The molecule has 0 N–H and O–H groups in total. The lowest BCUT2D eigenvalue weighted by molar-refractivity contribution is 0.414. The van der Waals surface area contributed by atoms with Gasteiger partial charge in [0.15, 0.2) is 0 Å². The van der Waals surface area contributed by atoms with Gasteiger partial charge in [0.2, 0.25) is 0 Å². The Bertz CT molecular complexity index is 549. The van der Waals surface area contributed by atoms with Crippen LogP contribution in [-0.2, 0) is 6.42 Å². The summed E-state index contributed by atoms with van der Waals surface area (Å²) in [5.41, 5.74) is 3.39. The summed E-state index contributed by atoms with van der Waals surface area (Å²) in [5.74, 6) is 0.743. The van der Waals surface area contributed by atoms with Gasteiger partial charge in [-0.3, -0.25) is 0 Å². The van der Waals surface area contributed by atoms with Crippen LogP contribution >= 0.6 is 23.2 Å². The number of halogens is 2. The second-order valence-electron chi connectivity index (χ2n) is 4.54. The quantitative estimate of drug-likeness (QED) is 0.706. The smallest absolute Gasteiger partial charge is 0.120 e. The van der Waals surface area contributed by atoms with E-state index in [1.807, 2.05) is 12.1 Å². The maximum Gasteiger partial charge on any atom is 0.120 e. The second-order valence-corrected chi connectivity index (χ2v) is 5.48. The number of rotatable bonds is 4. The van der Waals surface area contributed by atoms with Crippen LogP contribution in [0, 0.1) is 6.92 Å². The molecule has 1 atom stereocenters. The van der Waals surface area contributed by atoms with Gasteiger partial charge in [-0.1, -0.05) is 47.5 Å². The van der Waals surface area contributed by atoms with Crippen LogP contribution < -0.4 is 4.74 Å². The first kappa shape index (κ1) is 14.2. The molecule has 0 saturated carbocycles. The molecule has 3 heteroatoms.